The Balaban J connectivity index is 1.26. The quantitative estimate of drug-likeness (QED) is 0.123. The molecule has 4 aromatic rings. The van der Waals surface area contributed by atoms with Crippen LogP contribution in [0.3, 0.4) is 0 Å². The Kier molecular flexibility index (Phi) is 7.55. The minimum Gasteiger partial charge on any atom is -0.461 e. The van der Waals surface area contributed by atoms with E-state index in [0.29, 0.717) is 37.4 Å². The first-order valence-corrected chi connectivity index (χ1v) is 16.8. The third kappa shape index (κ3) is 5.16. The van der Waals surface area contributed by atoms with E-state index in [1.54, 1.807) is 15.5 Å². The number of nitrogen functional groups attached to an aromatic ring is 1. The van der Waals surface area contributed by atoms with Crippen LogP contribution >= 0.6 is 0 Å². The number of nitrogens with zero attached hydrogens (tertiary/aromatic N) is 7. The normalized spacial score (nSPS) is 25.2. The van der Waals surface area contributed by atoms with Crippen molar-refractivity contribution in [3.63, 3.8) is 0 Å². The van der Waals surface area contributed by atoms with E-state index in [9.17, 15) is 22.4 Å². The van der Waals surface area contributed by atoms with Gasteiger partial charge in [0.05, 0.1) is 34.4 Å². The number of carbonyl (C=O) groups excluding carboxylic acids is 1. The molecule has 7 heterocycles. The van der Waals surface area contributed by atoms with E-state index in [1.165, 1.54) is 12.3 Å². The highest BCUT2D eigenvalue weighted by Gasteiger charge is 2.50. The Morgan fingerprint density at radius 2 is 1.76 bits per heavy atom. The van der Waals surface area contributed by atoms with Crippen LogP contribution in [0.25, 0.3) is 27.8 Å². The number of pyridine rings is 1. The van der Waals surface area contributed by atoms with Crippen LogP contribution in [-0.4, -0.2) is 97.4 Å². The second-order valence-corrected chi connectivity index (χ2v) is 14.8. The average molecular weight is 701 g/mol. The fraction of sp³-hybridized carbons (Fsp3) is 0.529. The number of carbonyl (C=O) groups is 1. The molecule has 0 unspecified atom stereocenters. The number of aromatic nitrogens is 4. The Hall–Kier alpha value is -4.47. The number of piperazine rings is 1. The summed E-state index contributed by atoms with van der Waals surface area (Å²) >= 11 is 0. The second-order valence-electron chi connectivity index (χ2n) is 14.8. The zero-order valence-corrected chi connectivity index (χ0v) is 27.9. The second kappa shape index (κ2) is 11.5. The zero-order chi connectivity index (χ0) is 35.3. The van der Waals surface area contributed by atoms with E-state index in [2.05, 4.69) is 14.9 Å². The van der Waals surface area contributed by atoms with Crippen LogP contribution in [0.2, 0.25) is 0 Å². The molecule has 8 rings (SSSR count). The summed E-state index contributed by atoms with van der Waals surface area (Å²) in [7, 11) is 0. The van der Waals surface area contributed by atoms with Crippen molar-refractivity contribution in [1.29, 1.82) is 0 Å². The molecular formula is C34H37F5N8O3. The fourth-order valence-electron chi connectivity index (χ4n) is 8.37. The van der Waals surface area contributed by atoms with E-state index >= 15 is 4.39 Å². The Morgan fingerprint density at radius 1 is 1.04 bits per heavy atom. The number of hydrogen-bond donors (Lipinski definition) is 1. The van der Waals surface area contributed by atoms with Crippen molar-refractivity contribution in [2.45, 2.75) is 82.3 Å². The maximum atomic E-state index is 15.4. The van der Waals surface area contributed by atoms with Crippen LogP contribution in [0.15, 0.2) is 18.5 Å². The van der Waals surface area contributed by atoms with Crippen molar-refractivity contribution >= 4 is 34.3 Å². The Morgan fingerprint density at radius 3 is 2.48 bits per heavy atom. The SMILES string of the molecule is CC(C)(C)OC(=O)N1[C@@H]2CC[C@H]1CN(c1nc(OC[C@@]34CCCN3C[C@H](F)C4)nc3cc(-c4c(N)c(F)c(F)c(F)c4F)c4nccn4c13)C2. The summed E-state index contributed by atoms with van der Waals surface area (Å²) in [5.74, 6) is -7.00. The summed E-state index contributed by atoms with van der Waals surface area (Å²) in [5.41, 5.74) is 3.64. The lowest BCUT2D eigenvalue weighted by atomic mass is 9.95. The van der Waals surface area contributed by atoms with E-state index in [4.69, 9.17) is 20.2 Å². The molecule has 4 fully saturated rings. The number of fused-ring (bicyclic) bond motifs is 6. The van der Waals surface area contributed by atoms with Crippen LogP contribution in [0.5, 0.6) is 6.01 Å². The standard InChI is InChI=1S/C34H37F5N8O3/c1-33(2,3)50-32(48)47-18-5-6-19(47)15-44(14-18)30-28-21(42-31(43-30)49-16-34-7-4-9-45(34)13-17(35)12-34)11-20(29-41-8-10-46(28)29)22-23(36)24(37)25(38)26(39)27(22)40/h8,10-11,17-19H,4-7,9,12-16,40H2,1-3H3/t17-,18-,19+,34+/m1/s1. The summed E-state index contributed by atoms with van der Waals surface area (Å²) in [4.78, 5) is 33.0. The first kappa shape index (κ1) is 32.7. The van der Waals surface area contributed by atoms with E-state index in [0.717, 1.165) is 32.2 Å². The number of alkyl halides is 1. The third-order valence-corrected chi connectivity index (χ3v) is 10.5. The van der Waals surface area contributed by atoms with Crippen LogP contribution in [0, 0.1) is 23.3 Å². The van der Waals surface area contributed by atoms with Crippen LogP contribution in [-0.2, 0) is 4.74 Å². The van der Waals surface area contributed by atoms with Gasteiger partial charge in [-0.2, -0.15) is 9.97 Å². The van der Waals surface area contributed by atoms with Crippen molar-refractivity contribution in [3.8, 4) is 17.1 Å². The zero-order valence-electron chi connectivity index (χ0n) is 27.9. The van der Waals surface area contributed by atoms with Crippen molar-refractivity contribution in [2.75, 3.05) is 43.4 Å². The van der Waals surface area contributed by atoms with Gasteiger partial charge in [-0.1, -0.05) is 0 Å². The smallest absolute Gasteiger partial charge is 0.410 e. The van der Waals surface area contributed by atoms with Gasteiger partial charge >= 0.3 is 12.1 Å². The molecule has 4 aliphatic rings. The number of nitrogens with two attached hydrogens (primary N) is 1. The van der Waals surface area contributed by atoms with Crippen molar-refractivity contribution in [1.82, 2.24) is 29.2 Å². The van der Waals surface area contributed by atoms with E-state index in [1.807, 2.05) is 25.7 Å². The summed E-state index contributed by atoms with van der Waals surface area (Å²) in [6.45, 7) is 7.48. The predicted molar refractivity (Wildman–Crippen MR) is 174 cm³/mol. The van der Waals surface area contributed by atoms with Crippen molar-refractivity contribution in [3.05, 3.63) is 41.7 Å². The molecular weight excluding hydrogens is 663 g/mol. The van der Waals surface area contributed by atoms with Gasteiger partial charge in [0.25, 0.3) is 0 Å². The number of halogens is 5. The average Bonchev–Trinajstić information content (AvgIpc) is 3.82. The van der Waals surface area contributed by atoms with Crippen LogP contribution in [0.1, 0.15) is 52.9 Å². The summed E-state index contributed by atoms with van der Waals surface area (Å²) in [6, 6.07) is 0.981. The highest BCUT2D eigenvalue weighted by molar-refractivity contribution is 5.97. The molecule has 1 amide bonds. The molecule has 4 aliphatic heterocycles. The Labute approximate surface area is 284 Å². The molecule has 0 radical (unpaired) electrons. The molecule has 4 atom stereocenters. The first-order chi connectivity index (χ1) is 23.7. The molecule has 4 saturated heterocycles. The highest BCUT2D eigenvalue weighted by atomic mass is 19.2. The lowest BCUT2D eigenvalue weighted by molar-refractivity contribution is 0.0122. The van der Waals surface area contributed by atoms with Gasteiger partial charge in [0, 0.05) is 44.0 Å². The van der Waals surface area contributed by atoms with Crippen molar-refractivity contribution < 1.29 is 36.2 Å². The lowest BCUT2D eigenvalue weighted by Gasteiger charge is -2.42. The molecule has 1 aromatic carbocycles. The van der Waals surface area contributed by atoms with Gasteiger partial charge in [0.1, 0.15) is 29.5 Å². The molecule has 50 heavy (non-hydrogen) atoms. The highest BCUT2D eigenvalue weighted by Crippen LogP contribution is 2.43. The summed E-state index contributed by atoms with van der Waals surface area (Å²) in [6.07, 6.45) is 5.11. The topological polar surface area (TPSA) is 114 Å². The molecule has 0 aliphatic carbocycles. The van der Waals surface area contributed by atoms with Gasteiger partial charge in [0.2, 0.25) is 0 Å². The number of benzene rings is 1. The number of rotatable bonds is 5. The van der Waals surface area contributed by atoms with E-state index < -0.39 is 51.8 Å². The number of ether oxygens (including phenoxy) is 2. The number of amides is 1. The Bertz CT molecular complexity index is 1990. The van der Waals surface area contributed by atoms with Crippen LogP contribution < -0.4 is 15.4 Å². The summed E-state index contributed by atoms with van der Waals surface area (Å²) < 4.78 is 86.9. The van der Waals surface area contributed by atoms with Gasteiger partial charge in [-0.15, -0.1) is 0 Å². The molecule has 266 valence electrons. The number of hydrogen-bond acceptors (Lipinski definition) is 9. The monoisotopic (exact) mass is 700 g/mol. The molecule has 3 aromatic heterocycles. The minimum absolute atomic E-state index is 0.0340. The van der Waals surface area contributed by atoms with Gasteiger partial charge in [-0.05, 0) is 59.1 Å². The predicted octanol–water partition coefficient (Wildman–Crippen LogP) is 5.63. The summed E-state index contributed by atoms with van der Waals surface area (Å²) in [5, 5.41) is 0. The van der Waals surface area contributed by atoms with Crippen LogP contribution in [0.4, 0.5) is 38.3 Å². The number of anilines is 2. The largest absolute Gasteiger partial charge is 0.461 e. The third-order valence-electron chi connectivity index (χ3n) is 10.5. The first-order valence-electron chi connectivity index (χ1n) is 16.8. The molecule has 11 nitrogen and oxygen atoms in total. The molecule has 0 spiro atoms. The molecule has 0 saturated carbocycles. The molecule has 2 N–H and O–H groups in total. The minimum atomic E-state index is -2.02. The maximum absolute atomic E-state index is 15.4. The lowest BCUT2D eigenvalue weighted by Crippen LogP contribution is -2.57. The van der Waals surface area contributed by atoms with E-state index in [-0.39, 0.29) is 47.5 Å². The van der Waals surface area contributed by atoms with Gasteiger partial charge in [-0.3, -0.25) is 14.2 Å². The van der Waals surface area contributed by atoms with Gasteiger partial charge in [0.15, 0.2) is 29.1 Å². The fourth-order valence-corrected chi connectivity index (χ4v) is 8.37. The maximum Gasteiger partial charge on any atom is 0.410 e. The molecule has 2 bridgehead atoms. The number of imidazole rings is 1. The van der Waals surface area contributed by atoms with Gasteiger partial charge in [-0.25, -0.2) is 31.7 Å². The van der Waals surface area contributed by atoms with Crippen molar-refractivity contribution in [2.24, 2.45) is 0 Å². The van der Waals surface area contributed by atoms with Gasteiger partial charge < -0.3 is 20.1 Å². The molecule has 16 heteroatoms.